The van der Waals surface area contributed by atoms with Crippen LogP contribution in [0.15, 0.2) is 15.7 Å². The highest BCUT2D eigenvalue weighted by molar-refractivity contribution is 8.01. The summed E-state index contributed by atoms with van der Waals surface area (Å²) in [4.78, 5) is 8.62. The molecule has 5 nitrogen and oxygen atoms in total. The summed E-state index contributed by atoms with van der Waals surface area (Å²) in [6.07, 6.45) is 1.58. The number of anilines is 1. The molecule has 96 valence electrons. The molecule has 0 aliphatic carbocycles. The van der Waals surface area contributed by atoms with Gasteiger partial charge in [0.05, 0.1) is 0 Å². The number of nitrogens with zero attached hydrogens (tertiary/aromatic N) is 4. The zero-order valence-electron chi connectivity index (χ0n) is 10.8. The van der Waals surface area contributed by atoms with Crippen molar-refractivity contribution in [3.8, 4) is 0 Å². The van der Waals surface area contributed by atoms with E-state index in [-0.39, 0.29) is 0 Å². The number of hydrogen-bond donors (Lipinski definition) is 1. The van der Waals surface area contributed by atoms with Crippen molar-refractivity contribution in [1.82, 2.24) is 20.2 Å². The maximum atomic E-state index is 4.36. The summed E-state index contributed by atoms with van der Waals surface area (Å²) in [6.45, 7) is 6.22. The molecule has 1 N–H and O–H groups in total. The van der Waals surface area contributed by atoms with Gasteiger partial charge in [0.15, 0.2) is 4.34 Å². The molecule has 0 radical (unpaired) electrons. The molecule has 2 aromatic heterocycles. The number of nitrogens with one attached hydrogen (secondary N) is 1. The number of aryl methyl sites for hydroxylation is 1. The predicted molar refractivity (Wildman–Crippen MR) is 74.4 cm³/mol. The number of aromatic nitrogens is 4. The number of hydrogen-bond acceptors (Lipinski definition) is 7. The molecule has 0 saturated heterocycles. The van der Waals surface area contributed by atoms with E-state index in [1.807, 2.05) is 14.0 Å². The van der Waals surface area contributed by atoms with Crippen LogP contribution < -0.4 is 5.32 Å². The Morgan fingerprint density at radius 3 is 2.61 bits per heavy atom. The molecule has 0 aliphatic heterocycles. The van der Waals surface area contributed by atoms with Crippen molar-refractivity contribution in [3.63, 3.8) is 0 Å². The van der Waals surface area contributed by atoms with Crippen LogP contribution in [0.2, 0.25) is 0 Å². The highest BCUT2D eigenvalue weighted by Gasteiger charge is 2.16. The Kier molecular flexibility index (Phi) is 4.13. The molecule has 0 fully saturated rings. The summed E-state index contributed by atoms with van der Waals surface area (Å²) >= 11 is 3.12. The molecule has 2 rings (SSSR count). The maximum Gasteiger partial charge on any atom is 0.180 e. The smallest absolute Gasteiger partial charge is 0.180 e. The van der Waals surface area contributed by atoms with Gasteiger partial charge in [0.1, 0.15) is 22.2 Å². The summed E-state index contributed by atoms with van der Waals surface area (Å²) in [7, 11) is 1.87. The fraction of sp³-hybridized carbons (Fsp3) is 0.455. The van der Waals surface area contributed by atoms with Gasteiger partial charge in [0.2, 0.25) is 0 Å². The zero-order chi connectivity index (χ0) is 13.1. The molecule has 0 bridgehead atoms. The first-order chi connectivity index (χ1) is 8.61. The van der Waals surface area contributed by atoms with Crippen LogP contribution in [0.5, 0.6) is 0 Å². The Morgan fingerprint density at radius 1 is 1.28 bits per heavy atom. The molecule has 0 aromatic carbocycles. The van der Waals surface area contributed by atoms with Crippen molar-refractivity contribution in [1.29, 1.82) is 0 Å². The standard InChI is InChI=1S/C11H15N5S2/c1-6(2)8-9(12-4)13-5-14-10(8)18-11-16-15-7(3)17-11/h5-6H,1-4H3,(H,12,13,14). The van der Waals surface area contributed by atoms with Gasteiger partial charge < -0.3 is 5.32 Å². The minimum atomic E-state index is 0.352. The molecule has 7 heteroatoms. The lowest BCUT2D eigenvalue weighted by atomic mass is 10.1. The second-order valence-corrected chi connectivity index (χ2v) is 6.45. The maximum absolute atomic E-state index is 4.36. The average molecular weight is 281 g/mol. The van der Waals surface area contributed by atoms with Crippen LogP contribution in [-0.2, 0) is 0 Å². The van der Waals surface area contributed by atoms with Gasteiger partial charge in [-0.25, -0.2) is 9.97 Å². The van der Waals surface area contributed by atoms with E-state index in [0.717, 1.165) is 25.8 Å². The highest BCUT2D eigenvalue weighted by Crippen LogP contribution is 2.36. The van der Waals surface area contributed by atoms with Crippen molar-refractivity contribution in [2.24, 2.45) is 0 Å². The Hall–Kier alpha value is -1.21. The van der Waals surface area contributed by atoms with E-state index >= 15 is 0 Å². The first-order valence-corrected chi connectivity index (χ1v) is 7.25. The van der Waals surface area contributed by atoms with Gasteiger partial charge in [0, 0.05) is 12.6 Å². The molecule has 0 spiro atoms. The van der Waals surface area contributed by atoms with Crippen LogP contribution in [0.25, 0.3) is 0 Å². The van der Waals surface area contributed by atoms with Gasteiger partial charge in [-0.3, -0.25) is 0 Å². The fourth-order valence-electron chi connectivity index (χ4n) is 1.58. The third-order valence-electron chi connectivity index (χ3n) is 2.35. The Bertz CT molecular complexity index is 538. The van der Waals surface area contributed by atoms with Gasteiger partial charge in [-0.05, 0) is 24.6 Å². The summed E-state index contributed by atoms with van der Waals surface area (Å²) in [5, 5.41) is 13.2. The van der Waals surface area contributed by atoms with E-state index in [1.54, 1.807) is 29.4 Å². The van der Waals surface area contributed by atoms with E-state index in [9.17, 15) is 0 Å². The molecule has 2 heterocycles. The Balaban J connectivity index is 2.37. The normalized spacial score (nSPS) is 10.9. The van der Waals surface area contributed by atoms with Crippen LogP contribution in [-0.4, -0.2) is 27.2 Å². The second kappa shape index (κ2) is 5.62. The van der Waals surface area contributed by atoms with E-state index < -0.39 is 0 Å². The summed E-state index contributed by atoms with van der Waals surface area (Å²) < 4.78 is 0.912. The van der Waals surface area contributed by atoms with Gasteiger partial charge in [0.25, 0.3) is 0 Å². The molecular weight excluding hydrogens is 266 g/mol. The predicted octanol–water partition coefficient (Wildman–Crippen LogP) is 2.95. The van der Waals surface area contributed by atoms with Crippen LogP contribution in [0.4, 0.5) is 5.82 Å². The Morgan fingerprint density at radius 2 is 2.06 bits per heavy atom. The SMILES string of the molecule is CNc1ncnc(Sc2nnc(C)s2)c1C(C)C. The van der Waals surface area contributed by atoms with Gasteiger partial charge in [-0.2, -0.15) is 0 Å². The quantitative estimate of drug-likeness (QED) is 0.869. The fourth-order valence-corrected chi connectivity index (χ4v) is 3.55. The first-order valence-electron chi connectivity index (χ1n) is 5.62. The number of rotatable bonds is 4. The largest absolute Gasteiger partial charge is 0.373 e. The molecule has 2 aromatic rings. The van der Waals surface area contributed by atoms with Crippen molar-refractivity contribution in [2.75, 3.05) is 12.4 Å². The molecule has 0 aliphatic rings. The third-order valence-corrected chi connectivity index (χ3v) is 4.26. The van der Waals surface area contributed by atoms with Crippen LogP contribution in [0, 0.1) is 6.92 Å². The van der Waals surface area contributed by atoms with E-state index in [2.05, 4.69) is 39.3 Å². The lowest BCUT2D eigenvalue weighted by Gasteiger charge is -2.13. The lowest BCUT2D eigenvalue weighted by molar-refractivity contribution is 0.805. The van der Waals surface area contributed by atoms with Crippen molar-refractivity contribution < 1.29 is 0 Å². The minimum absolute atomic E-state index is 0.352. The van der Waals surface area contributed by atoms with Gasteiger partial charge in [-0.15, -0.1) is 10.2 Å². The minimum Gasteiger partial charge on any atom is -0.373 e. The average Bonchev–Trinajstić information content (AvgIpc) is 2.74. The summed E-state index contributed by atoms with van der Waals surface area (Å²) in [5.74, 6) is 1.23. The van der Waals surface area contributed by atoms with E-state index in [1.165, 1.54) is 0 Å². The van der Waals surface area contributed by atoms with E-state index in [4.69, 9.17) is 0 Å². The Labute approximate surface area is 114 Å². The lowest BCUT2D eigenvalue weighted by Crippen LogP contribution is -2.03. The monoisotopic (exact) mass is 281 g/mol. The molecule has 0 unspecified atom stereocenters. The molecule has 0 atom stereocenters. The topological polar surface area (TPSA) is 63.6 Å². The van der Waals surface area contributed by atoms with Crippen molar-refractivity contribution in [3.05, 3.63) is 16.9 Å². The molecule has 0 amide bonds. The van der Waals surface area contributed by atoms with Gasteiger partial charge >= 0.3 is 0 Å². The van der Waals surface area contributed by atoms with Crippen molar-refractivity contribution >= 4 is 28.9 Å². The van der Waals surface area contributed by atoms with Crippen LogP contribution >= 0.6 is 23.1 Å². The first kappa shape index (κ1) is 13.2. The van der Waals surface area contributed by atoms with Gasteiger partial charge in [-0.1, -0.05) is 25.2 Å². The van der Waals surface area contributed by atoms with Crippen LogP contribution in [0.1, 0.15) is 30.3 Å². The highest BCUT2D eigenvalue weighted by atomic mass is 32.2. The van der Waals surface area contributed by atoms with Crippen LogP contribution in [0.3, 0.4) is 0 Å². The summed E-state index contributed by atoms with van der Waals surface area (Å²) in [5.41, 5.74) is 1.12. The molecule has 0 saturated carbocycles. The molecular formula is C11H15N5S2. The molecule has 18 heavy (non-hydrogen) atoms. The van der Waals surface area contributed by atoms with E-state index in [0.29, 0.717) is 5.92 Å². The van der Waals surface area contributed by atoms with Crippen molar-refractivity contribution in [2.45, 2.75) is 36.1 Å². The zero-order valence-corrected chi connectivity index (χ0v) is 12.4. The second-order valence-electron chi connectivity index (χ2n) is 4.03. The summed E-state index contributed by atoms with van der Waals surface area (Å²) in [6, 6.07) is 0. The third kappa shape index (κ3) is 2.78.